The maximum absolute atomic E-state index is 12.0. The van der Waals surface area contributed by atoms with Crippen LogP contribution in [0.1, 0.15) is 44.2 Å². The predicted octanol–water partition coefficient (Wildman–Crippen LogP) is 4.19. The van der Waals surface area contributed by atoms with E-state index in [1.54, 1.807) is 20.8 Å². The summed E-state index contributed by atoms with van der Waals surface area (Å²) in [6.07, 6.45) is -0.507. The van der Waals surface area contributed by atoms with Crippen molar-refractivity contribution in [1.82, 2.24) is 5.32 Å². The van der Waals surface area contributed by atoms with Gasteiger partial charge < -0.3 is 15.2 Å². The monoisotopic (exact) mass is 355 g/mol. The fraction of sp³-hybridized carbons (Fsp3) is 0.333. The second kappa shape index (κ2) is 8.52. The standard InChI is InChI=1S/C21H25NO4/c1-21(2,3)26-20(25)22-18(19(23)24)14-17(15-10-6-4-7-11-15)16-12-8-5-9-13-16/h4-13,17-18H,14H2,1-3H3,(H,22,25)(H,23,24). The number of carboxylic acids is 1. The Labute approximate surface area is 154 Å². The summed E-state index contributed by atoms with van der Waals surface area (Å²) in [4.78, 5) is 23.8. The molecular formula is C21H25NO4. The zero-order valence-electron chi connectivity index (χ0n) is 15.3. The molecule has 5 nitrogen and oxygen atoms in total. The number of ether oxygens (including phenoxy) is 1. The van der Waals surface area contributed by atoms with Gasteiger partial charge in [-0.2, -0.15) is 0 Å². The average Bonchev–Trinajstić information content (AvgIpc) is 2.58. The van der Waals surface area contributed by atoms with Crippen LogP contribution in [0.25, 0.3) is 0 Å². The number of carbonyl (C=O) groups excluding carboxylic acids is 1. The molecule has 0 fully saturated rings. The summed E-state index contributed by atoms with van der Waals surface area (Å²) in [5.74, 6) is -1.25. The molecule has 0 aliphatic carbocycles. The second-order valence-electron chi connectivity index (χ2n) is 7.15. The van der Waals surface area contributed by atoms with Gasteiger partial charge in [0.15, 0.2) is 0 Å². The van der Waals surface area contributed by atoms with Gasteiger partial charge in [-0.3, -0.25) is 0 Å². The lowest BCUT2D eigenvalue weighted by atomic mass is 9.86. The zero-order chi connectivity index (χ0) is 19.2. The van der Waals surface area contributed by atoms with E-state index < -0.39 is 23.7 Å². The van der Waals surface area contributed by atoms with Crippen LogP contribution in [0.15, 0.2) is 60.7 Å². The van der Waals surface area contributed by atoms with Crippen molar-refractivity contribution in [2.24, 2.45) is 0 Å². The van der Waals surface area contributed by atoms with Crippen molar-refractivity contribution < 1.29 is 19.4 Å². The number of hydrogen-bond donors (Lipinski definition) is 2. The van der Waals surface area contributed by atoms with Gasteiger partial charge in [0.05, 0.1) is 0 Å². The lowest BCUT2D eigenvalue weighted by molar-refractivity contribution is -0.139. The van der Waals surface area contributed by atoms with Gasteiger partial charge in [0.2, 0.25) is 0 Å². The van der Waals surface area contributed by atoms with Crippen LogP contribution in [-0.2, 0) is 9.53 Å². The molecule has 26 heavy (non-hydrogen) atoms. The highest BCUT2D eigenvalue weighted by molar-refractivity contribution is 5.80. The largest absolute Gasteiger partial charge is 0.480 e. The molecule has 138 valence electrons. The van der Waals surface area contributed by atoms with E-state index in [0.717, 1.165) is 11.1 Å². The maximum atomic E-state index is 12.0. The molecule has 0 aromatic heterocycles. The van der Waals surface area contributed by atoms with Gasteiger partial charge in [-0.25, -0.2) is 9.59 Å². The molecule has 0 aliphatic rings. The number of benzene rings is 2. The summed E-state index contributed by atoms with van der Waals surface area (Å²) < 4.78 is 5.20. The Bertz CT molecular complexity index is 683. The lowest BCUT2D eigenvalue weighted by Gasteiger charge is -2.25. The molecule has 0 heterocycles. The molecule has 2 rings (SSSR count). The highest BCUT2D eigenvalue weighted by Gasteiger charge is 2.28. The fourth-order valence-electron chi connectivity index (χ4n) is 2.74. The molecule has 1 amide bonds. The van der Waals surface area contributed by atoms with Gasteiger partial charge >= 0.3 is 12.1 Å². The van der Waals surface area contributed by atoms with Crippen molar-refractivity contribution in [3.63, 3.8) is 0 Å². The Balaban J connectivity index is 2.24. The first kappa shape index (κ1) is 19.5. The van der Waals surface area contributed by atoms with Crippen LogP contribution in [0.4, 0.5) is 4.79 Å². The topological polar surface area (TPSA) is 75.6 Å². The molecule has 0 aliphatic heterocycles. The summed E-state index contributed by atoms with van der Waals surface area (Å²) in [5, 5.41) is 12.1. The van der Waals surface area contributed by atoms with Gasteiger partial charge in [0.25, 0.3) is 0 Å². The SMILES string of the molecule is CC(C)(C)OC(=O)NC(CC(c1ccccc1)c1ccccc1)C(=O)O. The molecule has 2 N–H and O–H groups in total. The molecular weight excluding hydrogens is 330 g/mol. The molecule has 0 saturated heterocycles. The number of carboxylic acid groups (broad SMARTS) is 1. The normalized spacial score (nSPS) is 12.5. The van der Waals surface area contributed by atoms with Crippen LogP contribution in [-0.4, -0.2) is 28.8 Å². The summed E-state index contributed by atoms with van der Waals surface area (Å²) in [7, 11) is 0. The third kappa shape index (κ3) is 5.92. The van der Waals surface area contributed by atoms with Crippen LogP contribution in [0.2, 0.25) is 0 Å². The minimum absolute atomic E-state index is 0.159. The summed E-state index contributed by atoms with van der Waals surface area (Å²) >= 11 is 0. The van der Waals surface area contributed by atoms with Gasteiger partial charge in [-0.15, -0.1) is 0 Å². The molecule has 2 aromatic rings. The first-order valence-electron chi connectivity index (χ1n) is 8.58. The highest BCUT2D eigenvalue weighted by atomic mass is 16.6. The number of amides is 1. The summed E-state index contributed by atoms with van der Waals surface area (Å²) in [5.41, 5.74) is 1.30. The van der Waals surface area contributed by atoms with Crippen molar-refractivity contribution in [2.75, 3.05) is 0 Å². The number of hydrogen-bond acceptors (Lipinski definition) is 3. The maximum Gasteiger partial charge on any atom is 0.408 e. The van der Waals surface area contributed by atoms with Crippen LogP contribution < -0.4 is 5.32 Å². The van der Waals surface area contributed by atoms with Crippen molar-refractivity contribution in [3.8, 4) is 0 Å². The Morgan fingerprint density at radius 1 is 0.962 bits per heavy atom. The molecule has 0 bridgehead atoms. The van der Waals surface area contributed by atoms with E-state index in [9.17, 15) is 14.7 Å². The zero-order valence-corrected chi connectivity index (χ0v) is 15.3. The van der Waals surface area contributed by atoms with Crippen LogP contribution in [0, 0.1) is 0 Å². The molecule has 5 heteroatoms. The highest BCUT2D eigenvalue weighted by Crippen LogP contribution is 2.29. The van der Waals surface area contributed by atoms with Gasteiger partial charge in [-0.1, -0.05) is 60.7 Å². The van der Waals surface area contributed by atoms with Crippen molar-refractivity contribution in [1.29, 1.82) is 0 Å². The van der Waals surface area contributed by atoms with Crippen molar-refractivity contribution in [3.05, 3.63) is 71.8 Å². The van der Waals surface area contributed by atoms with E-state index in [1.165, 1.54) is 0 Å². The van der Waals surface area contributed by atoms with Gasteiger partial charge in [-0.05, 0) is 38.3 Å². The number of alkyl carbamates (subject to hydrolysis) is 1. The number of nitrogens with one attached hydrogen (secondary N) is 1. The minimum Gasteiger partial charge on any atom is -0.480 e. The Hall–Kier alpha value is -2.82. The minimum atomic E-state index is -1.09. The molecule has 2 aromatic carbocycles. The van der Waals surface area contributed by atoms with E-state index in [4.69, 9.17) is 4.74 Å². The van der Waals surface area contributed by atoms with E-state index in [1.807, 2.05) is 60.7 Å². The Morgan fingerprint density at radius 2 is 1.42 bits per heavy atom. The second-order valence-corrected chi connectivity index (χ2v) is 7.15. The number of carbonyl (C=O) groups is 2. The van der Waals surface area contributed by atoms with E-state index in [-0.39, 0.29) is 12.3 Å². The lowest BCUT2D eigenvalue weighted by Crippen LogP contribution is -2.44. The van der Waals surface area contributed by atoms with Crippen molar-refractivity contribution in [2.45, 2.75) is 44.8 Å². The van der Waals surface area contributed by atoms with Gasteiger partial charge in [0, 0.05) is 5.92 Å². The number of rotatable bonds is 6. The van der Waals surface area contributed by atoms with E-state index in [2.05, 4.69) is 5.32 Å². The smallest absolute Gasteiger partial charge is 0.408 e. The first-order chi connectivity index (χ1) is 12.3. The molecule has 1 unspecified atom stereocenters. The van der Waals surface area contributed by atoms with Crippen LogP contribution >= 0.6 is 0 Å². The molecule has 0 radical (unpaired) electrons. The first-order valence-corrected chi connectivity index (χ1v) is 8.58. The molecule has 0 saturated carbocycles. The third-order valence-electron chi connectivity index (χ3n) is 3.86. The molecule has 1 atom stereocenters. The van der Waals surface area contributed by atoms with Crippen LogP contribution in [0.3, 0.4) is 0 Å². The third-order valence-corrected chi connectivity index (χ3v) is 3.86. The Morgan fingerprint density at radius 3 is 1.81 bits per heavy atom. The number of aliphatic carboxylic acids is 1. The Kier molecular flexibility index (Phi) is 6.39. The summed E-state index contributed by atoms with van der Waals surface area (Å²) in [6.45, 7) is 5.21. The van der Waals surface area contributed by atoms with Crippen molar-refractivity contribution >= 4 is 12.1 Å². The average molecular weight is 355 g/mol. The summed E-state index contributed by atoms with van der Waals surface area (Å²) in [6, 6.07) is 18.3. The van der Waals surface area contributed by atoms with Gasteiger partial charge in [0.1, 0.15) is 11.6 Å². The van der Waals surface area contributed by atoms with E-state index in [0.29, 0.717) is 0 Å². The molecule has 0 spiro atoms. The van der Waals surface area contributed by atoms with Crippen LogP contribution in [0.5, 0.6) is 0 Å². The predicted molar refractivity (Wildman–Crippen MR) is 100 cm³/mol. The fourth-order valence-corrected chi connectivity index (χ4v) is 2.74. The van der Waals surface area contributed by atoms with E-state index >= 15 is 0 Å². The quantitative estimate of drug-likeness (QED) is 0.815.